The molecule has 3 aliphatic carbocycles. The molecule has 0 radical (unpaired) electrons. The van der Waals surface area contributed by atoms with E-state index in [0.29, 0.717) is 33.0 Å². The van der Waals surface area contributed by atoms with E-state index in [2.05, 4.69) is 5.32 Å². The van der Waals surface area contributed by atoms with E-state index in [0.717, 1.165) is 4.90 Å². The predicted octanol–water partition coefficient (Wildman–Crippen LogP) is 5.91. The van der Waals surface area contributed by atoms with Gasteiger partial charge in [0.15, 0.2) is 0 Å². The topological polar surface area (TPSA) is 66.5 Å². The Labute approximate surface area is 227 Å². The van der Waals surface area contributed by atoms with Crippen molar-refractivity contribution < 1.29 is 14.4 Å². The molecule has 1 heterocycles. The first-order valence-electron chi connectivity index (χ1n) is 11.3. The first kappa shape index (κ1) is 23.8. The minimum absolute atomic E-state index is 0.265. The lowest BCUT2D eigenvalue weighted by atomic mass is 9.54. The van der Waals surface area contributed by atoms with Crippen LogP contribution >= 0.6 is 46.4 Å². The number of alkyl halides is 2. The normalized spacial score (nSPS) is 28.4. The van der Waals surface area contributed by atoms with E-state index >= 15 is 0 Å². The van der Waals surface area contributed by atoms with Crippen molar-refractivity contribution >= 4 is 69.8 Å². The van der Waals surface area contributed by atoms with Gasteiger partial charge in [0.05, 0.1) is 21.9 Å². The van der Waals surface area contributed by atoms with E-state index in [9.17, 15) is 14.4 Å². The van der Waals surface area contributed by atoms with Gasteiger partial charge in [-0.25, -0.2) is 0 Å². The molecule has 0 saturated carbocycles. The van der Waals surface area contributed by atoms with Gasteiger partial charge in [-0.1, -0.05) is 71.7 Å². The molecule has 9 heteroatoms. The molecule has 1 saturated heterocycles. The zero-order chi connectivity index (χ0) is 25.6. The van der Waals surface area contributed by atoms with Crippen LogP contribution in [0.2, 0.25) is 10.0 Å². The molecule has 1 fully saturated rings. The number of halogens is 4. The molecule has 3 aromatic rings. The Hall–Kier alpha value is -2.57. The molecule has 3 atom stereocenters. The molecule has 36 heavy (non-hydrogen) atoms. The second-order valence-electron chi connectivity index (χ2n) is 9.31. The van der Waals surface area contributed by atoms with E-state index < -0.39 is 45.3 Å². The van der Waals surface area contributed by atoms with E-state index in [-0.39, 0.29) is 5.02 Å². The molecule has 5 nitrogen and oxygen atoms in total. The monoisotopic (exact) mass is 558 g/mol. The molecule has 0 unspecified atom stereocenters. The summed E-state index contributed by atoms with van der Waals surface area (Å²) in [6.45, 7) is 1.50. The summed E-state index contributed by atoms with van der Waals surface area (Å²) in [5.41, 5.74) is 3.21. The highest BCUT2D eigenvalue weighted by Crippen LogP contribution is 2.69. The third-order valence-electron chi connectivity index (χ3n) is 7.57. The lowest BCUT2D eigenvalue weighted by Crippen LogP contribution is -2.57. The summed E-state index contributed by atoms with van der Waals surface area (Å²) < 4.78 is 0. The number of carbonyl (C=O) groups is 3. The summed E-state index contributed by atoms with van der Waals surface area (Å²) >= 11 is 26.8. The van der Waals surface area contributed by atoms with Gasteiger partial charge < -0.3 is 5.32 Å². The van der Waals surface area contributed by atoms with Crippen LogP contribution in [0.15, 0.2) is 66.7 Å². The number of imide groups is 1. The number of rotatable bonds is 3. The lowest BCUT2D eigenvalue weighted by molar-refractivity contribution is -0.146. The predicted molar refractivity (Wildman–Crippen MR) is 140 cm³/mol. The van der Waals surface area contributed by atoms with Crippen molar-refractivity contribution in [2.24, 2.45) is 11.8 Å². The van der Waals surface area contributed by atoms with Crippen molar-refractivity contribution in [3.05, 3.63) is 99.0 Å². The average Bonchev–Trinajstić information content (AvgIpc) is 3.15. The van der Waals surface area contributed by atoms with E-state index in [4.69, 9.17) is 46.4 Å². The van der Waals surface area contributed by atoms with Crippen molar-refractivity contribution in [2.75, 3.05) is 5.32 Å². The Morgan fingerprint density at radius 3 is 1.67 bits per heavy atom. The van der Waals surface area contributed by atoms with Crippen LogP contribution in [0.1, 0.15) is 29.2 Å². The molecule has 2 bridgehead atoms. The summed E-state index contributed by atoms with van der Waals surface area (Å²) in [4.78, 5) is 39.5. The maximum atomic E-state index is 13.9. The molecule has 1 aliphatic heterocycles. The summed E-state index contributed by atoms with van der Waals surface area (Å²) in [5, 5.41) is 3.31. The van der Waals surface area contributed by atoms with Crippen molar-refractivity contribution in [1.29, 1.82) is 0 Å². The number of hydrogen-bond donors (Lipinski definition) is 1. The SMILES string of the molecule is C[C@H](C(=O)Nc1ccc(Cl)c(Cl)c1)N1C(=O)[C@@H]2[C@@H](C1=O)C1(Cl)c3ccccc3C2(Cl)c2ccccc21. The van der Waals surface area contributed by atoms with Gasteiger partial charge in [-0.05, 0) is 47.4 Å². The number of benzene rings is 3. The van der Waals surface area contributed by atoms with Crippen LogP contribution in [0.25, 0.3) is 0 Å². The van der Waals surface area contributed by atoms with Crippen LogP contribution in [0.3, 0.4) is 0 Å². The zero-order valence-corrected chi connectivity index (χ0v) is 21.8. The zero-order valence-electron chi connectivity index (χ0n) is 18.8. The fourth-order valence-corrected chi connectivity index (χ4v) is 7.40. The van der Waals surface area contributed by atoms with Crippen LogP contribution in [0.5, 0.6) is 0 Å². The van der Waals surface area contributed by atoms with Gasteiger partial charge >= 0.3 is 0 Å². The number of likely N-dealkylation sites (tertiary alicyclic amines) is 1. The van der Waals surface area contributed by atoms with Crippen molar-refractivity contribution in [1.82, 2.24) is 4.90 Å². The summed E-state index contributed by atoms with van der Waals surface area (Å²) in [7, 11) is 0. The van der Waals surface area contributed by atoms with Gasteiger partial charge in [0.1, 0.15) is 15.8 Å². The van der Waals surface area contributed by atoms with Crippen LogP contribution in [0, 0.1) is 11.8 Å². The quantitative estimate of drug-likeness (QED) is 0.320. The van der Waals surface area contributed by atoms with Crippen LogP contribution in [0.4, 0.5) is 5.69 Å². The average molecular weight is 560 g/mol. The molecule has 3 amide bonds. The van der Waals surface area contributed by atoms with Gasteiger partial charge in [0.25, 0.3) is 0 Å². The van der Waals surface area contributed by atoms with E-state index in [1.165, 1.54) is 13.0 Å². The molecule has 4 aliphatic rings. The highest BCUT2D eigenvalue weighted by Gasteiger charge is 2.73. The van der Waals surface area contributed by atoms with Crippen LogP contribution in [-0.2, 0) is 24.1 Å². The number of carbonyl (C=O) groups excluding carboxylic acids is 3. The third kappa shape index (κ3) is 2.89. The molecular weight excluding hydrogens is 542 g/mol. The molecule has 0 aromatic heterocycles. The number of nitrogens with one attached hydrogen (secondary N) is 1. The van der Waals surface area contributed by atoms with Gasteiger partial charge in [0.2, 0.25) is 17.7 Å². The molecule has 182 valence electrons. The van der Waals surface area contributed by atoms with Crippen LogP contribution < -0.4 is 5.32 Å². The molecular formula is C27H18Cl4N2O3. The molecule has 1 N–H and O–H groups in total. The maximum Gasteiger partial charge on any atom is 0.247 e. The molecule has 3 aromatic carbocycles. The van der Waals surface area contributed by atoms with Crippen molar-refractivity contribution in [3.63, 3.8) is 0 Å². The minimum Gasteiger partial charge on any atom is -0.324 e. The number of anilines is 1. The Balaban J connectivity index is 1.43. The Kier molecular flexibility index (Phi) is 5.27. The van der Waals surface area contributed by atoms with Gasteiger partial charge in [-0.3, -0.25) is 19.3 Å². The Morgan fingerprint density at radius 1 is 0.806 bits per heavy atom. The highest BCUT2D eigenvalue weighted by molar-refractivity contribution is 6.42. The smallest absolute Gasteiger partial charge is 0.247 e. The minimum atomic E-state index is -1.30. The summed E-state index contributed by atoms with van der Waals surface area (Å²) in [6, 6.07) is 18.3. The summed E-state index contributed by atoms with van der Waals surface area (Å²) in [5.74, 6) is -3.52. The van der Waals surface area contributed by atoms with Crippen molar-refractivity contribution in [3.8, 4) is 0 Å². The first-order chi connectivity index (χ1) is 17.1. The van der Waals surface area contributed by atoms with Gasteiger partial charge in [-0.2, -0.15) is 0 Å². The number of amides is 3. The Morgan fingerprint density at radius 2 is 1.25 bits per heavy atom. The second kappa shape index (κ2) is 7.96. The molecule has 7 rings (SSSR count). The first-order valence-corrected chi connectivity index (χ1v) is 12.8. The van der Waals surface area contributed by atoms with Crippen molar-refractivity contribution in [2.45, 2.75) is 22.7 Å². The molecule has 0 spiro atoms. The van der Waals surface area contributed by atoms with Crippen LogP contribution in [-0.4, -0.2) is 28.7 Å². The van der Waals surface area contributed by atoms with E-state index in [1.807, 2.05) is 48.5 Å². The number of nitrogens with zero attached hydrogens (tertiary/aromatic N) is 1. The summed E-state index contributed by atoms with van der Waals surface area (Å²) in [6.07, 6.45) is 0. The van der Waals surface area contributed by atoms with Gasteiger partial charge in [0, 0.05) is 5.69 Å². The van der Waals surface area contributed by atoms with Gasteiger partial charge in [-0.15, -0.1) is 23.2 Å². The third-order valence-corrected chi connectivity index (χ3v) is 9.60. The Bertz CT molecular complexity index is 1370. The number of hydrogen-bond acceptors (Lipinski definition) is 3. The van der Waals surface area contributed by atoms with E-state index in [1.54, 1.807) is 12.1 Å². The second-order valence-corrected chi connectivity index (χ2v) is 11.3. The fraction of sp³-hybridized carbons (Fsp3) is 0.222. The largest absolute Gasteiger partial charge is 0.324 e. The maximum absolute atomic E-state index is 13.9. The highest BCUT2D eigenvalue weighted by atomic mass is 35.5. The lowest BCUT2D eigenvalue weighted by Gasteiger charge is -2.54. The standard InChI is InChI=1S/C27H18Cl4N2O3/c1-13(23(34)32-14-10-11-19(28)20(29)12-14)33-24(35)21-22(25(33)36)27(31)16-7-3-2-6-15(16)26(21,30)17-8-4-5-9-18(17)27/h2-13,21-22H,1H3,(H,32,34)/t13-,21+,22+,26?,27?/m1/s1. The fourth-order valence-electron chi connectivity index (χ4n) is 6.01.